The number of thiazole rings is 1. The Bertz CT molecular complexity index is 1250. The standard InChI is InChI=1S/C23H23F5N6O2S/c1-12-6-22(24,25)11-34(17(12)10-32-21-30-7-14(8-31-21)23(26,27)28)20(35)18-19(37-13(2)33-18)16-5-4-15(36-3)9-29-16/h4-5,7-9,12,17H,6,10-11H2,1-3H3,(H,30,31,32). The van der Waals surface area contributed by atoms with Crippen molar-refractivity contribution in [3.05, 3.63) is 47.0 Å². The molecule has 0 aromatic carbocycles. The predicted molar refractivity (Wildman–Crippen MR) is 126 cm³/mol. The first kappa shape index (κ1) is 26.6. The molecule has 198 valence electrons. The maximum Gasteiger partial charge on any atom is 0.419 e. The van der Waals surface area contributed by atoms with Crippen LogP contribution in [0.5, 0.6) is 5.75 Å². The molecule has 4 heterocycles. The lowest BCUT2D eigenvalue weighted by atomic mass is 9.88. The molecule has 14 heteroatoms. The number of rotatable bonds is 6. The van der Waals surface area contributed by atoms with Gasteiger partial charge in [0.1, 0.15) is 11.4 Å². The number of alkyl halides is 5. The van der Waals surface area contributed by atoms with Gasteiger partial charge in [-0.1, -0.05) is 6.92 Å². The largest absolute Gasteiger partial charge is 0.495 e. The fourth-order valence-corrected chi connectivity index (χ4v) is 5.04. The van der Waals surface area contributed by atoms with E-state index in [9.17, 15) is 26.7 Å². The fraction of sp³-hybridized carbons (Fsp3) is 0.435. The zero-order valence-electron chi connectivity index (χ0n) is 20.0. The van der Waals surface area contributed by atoms with Crippen molar-refractivity contribution < 1.29 is 31.5 Å². The first-order chi connectivity index (χ1) is 17.4. The molecule has 1 fully saturated rings. The highest BCUT2D eigenvalue weighted by Crippen LogP contribution is 2.37. The predicted octanol–water partition coefficient (Wildman–Crippen LogP) is 4.93. The van der Waals surface area contributed by atoms with E-state index in [-0.39, 0.29) is 18.2 Å². The molecule has 3 aromatic heterocycles. The number of nitrogens with zero attached hydrogens (tertiary/aromatic N) is 5. The van der Waals surface area contributed by atoms with Gasteiger partial charge in [-0.3, -0.25) is 9.78 Å². The molecule has 8 nitrogen and oxygen atoms in total. The molecule has 0 saturated carbocycles. The Morgan fingerprint density at radius 3 is 2.51 bits per heavy atom. The normalized spacial score (nSPS) is 19.5. The molecule has 2 atom stereocenters. The minimum atomic E-state index is -4.59. The van der Waals surface area contributed by atoms with Crippen LogP contribution >= 0.6 is 11.3 Å². The number of carbonyl (C=O) groups excluding carboxylic acids is 1. The van der Waals surface area contributed by atoms with E-state index in [0.29, 0.717) is 33.7 Å². The summed E-state index contributed by atoms with van der Waals surface area (Å²) in [6, 6.07) is 2.59. The maximum absolute atomic E-state index is 14.6. The van der Waals surface area contributed by atoms with Crippen molar-refractivity contribution in [1.29, 1.82) is 0 Å². The second kappa shape index (κ2) is 10.1. The van der Waals surface area contributed by atoms with E-state index in [2.05, 4.69) is 25.3 Å². The quantitative estimate of drug-likeness (QED) is 0.442. The summed E-state index contributed by atoms with van der Waals surface area (Å²) in [7, 11) is 1.49. The first-order valence-corrected chi connectivity index (χ1v) is 12.0. The number of hydrogen-bond donors (Lipinski definition) is 1. The molecule has 0 radical (unpaired) electrons. The maximum atomic E-state index is 14.6. The number of halogens is 5. The molecule has 1 saturated heterocycles. The van der Waals surface area contributed by atoms with E-state index < -0.39 is 48.5 Å². The van der Waals surface area contributed by atoms with Gasteiger partial charge >= 0.3 is 6.18 Å². The van der Waals surface area contributed by atoms with Crippen LogP contribution in [0.4, 0.5) is 27.9 Å². The molecule has 1 amide bonds. The molecule has 0 aliphatic carbocycles. The van der Waals surface area contributed by atoms with Gasteiger partial charge in [0.2, 0.25) is 5.95 Å². The third kappa shape index (κ3) is 5.95. The highest BCUT2D eigenvalue weighted by molar-refractivity contribution is 7.15. The molecule has 1 aliphatic rings. The molecule has 0 bridgehead atoms. The van der Waals surface area contributed by atoms with Crippen LogP contribution < -0.4 is 10.1 Å². The highest BCUT2D eigenvalue weighted by atomic mass is 32.1. The number of anilines is 1. The molecule has 4 rings (SSSR count). The second-order valence-electron chi connectivity index (χ2n) is 8.71. The average Bonchev–Trinajstić information content (AvgIpc) is 3.23. The summed E-state index contributed by atoms with van der Waals surface area (Å²) in [4.78, 5) is 31.1. The van der Waals surface area contributed by atoms with Crippen molar-refractivity contribution in [2.75, 3.05) is 25.5 Å². The van der Waals surface area contributed by atoms with E-state index in [1.54, 1.807) is 26.0 Å². The van der Waals surface area contributed by atoms with Crippen molar-refractivity contribution in [3.63, 3.8) is 0 Å². The SMILES string of the molecule is COc1ccc(-c2sc(C)nc2C(=O)N2CC(F)(F)CC(C)C2CNc2ncc(C(F)(F)F)cn2)nc1. The summed E-state index contributed by atoms with van der Waals surface area (Å²) in [6.45, 7) is 2.41. The minimum absolute atomic E-state index is 0.000784. The number of aryl methyl sites for hydroxylation is 1. The van der Waals surface area contributed by atoms with Crippen LogP contribution in [0.3, 0.4) is 0 Å². The van der Waals surface area contributed by atoms with E-state index in [1.165, 1.54) is 24.6 Å². The third-order valence-corrected chi connectivity index (χ3v) is 6.92. The van der Waals surface area contributed by atoms with Gasteiger partial charge in [-0.25, -0.2) is 23.7 Å². The number of aromatic nitrogens is 4. The molecule has 37 heavy (non-hydrogen) atoms. The zero-order chi connectivity index (χ0) is 27.0. The Hall–Kier alpha value is -3.42. The number of methoxy groups -OCH3 is 1. The Balaban J connectivity index is 1.60. The number of ether oxygens (including phenoxy) is 1. The lowest BCUT2D eigenvalue weighted by Gasteiger charge is -2.43. The second-order valence-corrected chi connectivity index (χ2v) is 9.91. The molecule has 0 spiro atoms. The summed E-state index contributed by atoms with van der Waals surface area (Å²) < 4.78 is 72.7. The van der Waals surface area contributed by atoms with Crippen LogP contribution in [0.25, 0.3) is 10.6 Å². The minimum Gasteiger partial charge on any atom is -0.495 e. The summed E-state index contributed by atoms with van der Waals surface area (Å²) in [5.74, 6) is -4.06. The summed E-state index contributed by atoms with van der Waals surface area (Å²) in [6.07, 6.45) is -2.31. The molecule has 1 N–H and O–H groups in total. The van der Waals surface area contributed by atoms with Gasteiger partial charge in [-0.15, -0.1) is 11.3 Å². The van der Waals surface area contributed by atoms with Gasteiger partial charge in [-0.2, -0.15) is 13.2 Å². The number of piperidine rings is 1. The van der Waals surface area contributed by atoms with Crippen LogP contribution in [0.1, 0.15) is 34.4 Å². The molecular weight excluding hydrogens is 519 g/mol. The van der Waals surface area contributed by atoms with E-state index in [4.69, 9.17) is 4.74 Å². The summed E-state index contributed by atoms with van der Waals surface area (Å²) >= 11 is 1.21. The number of nitrogens with one attached hydrogen (secondary N) is 1. The fourth-order valence-electron chi connectivity index (χ4n) is 4.16. The van der Waals surface area contributed by atoms with Crippen molar-refractivity contribution in [2.24, 2.45) is 5.92 Å². The zero-order valence-corrected chi connectivity index (χ0v) is 20.8. The smallest absolute Gasteiger partial charge is 0.419 e. The topological polar surface area (TPSA) is 93.1 Å². The van der Waals surface area contributed by atoms with Gasteiger partial charge in [0.05, 0.1) is 47.0 Å². The Morgan fingerprint density at radius 2 is 1.92 bits per heavy atom. The van der Waals surface area contributed by atoms with E-state index in [1.807, 2.05) is 0 Å². The summed E-state index contributed by atoms with van der Waals surface area (Å²) in [5, 5.41) is 3.34. The van der Waals surface area contributed by atoms with Gasteiger partial charge in [0.15, 0.2) is 0 Å². The van der Waals surface area contributed by atoms with Crippen molar-refractivity contribution in [3.8, 4) is 16.3 Å². The molecule has 3 aromatic rings. The van der Waals surface area contributed by atoms with Crippen molar-refractivity contribution in [2.45, 2.75) is 38.4 Å². The average molecular weight is 543 g/mol. The number of likely N-dealkylation sites (tertiary alicyclic amines) is 1. The Labute approximate surface area is 212 Å². The van der Waals surface area contributed by atoms with Crippen LogP contribution in [0, 0.1) is 12.8 Å². The van der Waals surface area contributed by atoms with Crippen LogP contribution in [-0.4, -0.2) is 62.9 Å². The summed E-state index contributed by atoms with van der Waals surface area (Å²) in [5.41, 5.74) is -0.570. The van der Waals surface area contributed by atoms with E-state index in [0.717, 1.165) is 4.90 Å². The van der Waals surface area contributed by atoms with Gasteiger partial charge in [0, 0.05) is 25.4 Å². The van der Waals surface area contributed by atoms with Gasteiger partial charge < -0.3 is 15.0 Å². The third-order valence-electron chi connectivity index (χ3n) is 5.93. The van der Waals surface area contributed by atoms with E-state index >= 15 is 0 Å². The van der Waals surface area contributed by atoms with Crippen molar-refractivity contribution >= 4 is 23.2 Å². The highest BCUT2D eigenvalue weighted by Gasteiger charge is 2.47. The number of carbonyl (C=O) groups is 1. The molecular formula is C23H23F5N6O2S. The Kier molecular flexibility index (Phi) is 7.31. The van der Waals surface area contributed by atoms with Crippen LogP contribution in [-0.2, 0) is 6.18 Å². The van der Waals surface area contributed by atoms with Crippen LogP contribution in [0.15, 0.2) is 30.7 Å². The monoisotopic (exact) mass is 542 g/mol. The van der Waals surface area contributed by atoms with Crippen LogP contribution in [0.2, 0.25) is 0 Å². The lowest BCUT2D eigenvalue weighted by Crippen LogP contribution is -2.57. The number of hydrogen-bond acceptors (Lipinski definition) is 8. The van der Waals surface area contributed by atoms with Crippen molar-refractivity contribution in [1.82, 2.24) is 24.8 Å². The number of amides is 1. The molecule has 1 aliphatic heterocycles. The Morgan fingerprint density at radius 1 is 1.22 bits per heavy atom. The molecule has 2 unspecified atom stereocenters. The first-order valence-electron chi connectivity index (χ1n) is 11.2. The lowest BCUT2D eigenvalue weighted by molar-refractivity contribution is -0.138. The number of pyridine rings is 1. The van der Waals surface area contributed by atoms with Gasteiger partial charge in [-0.05, 0) is 25.0 Å². The van der Waals surface area contributed by atoms with Gasteiger partial charge in [0.25, 0.3) is 11.8 Å².